The Balaban J connectivity index is 2.95. The van der Waals surface area contributed by atoms with Crippen LogP contribution in [0.15, 0.2) is 36.1 Å². The van der Waals surface area contributed by atoms with E-state index in [0.29, 0.717) is 10.6 Å². The number of amidine groups is 1. The van der Waals surface area contributed by atoms with E-state index in [1.165, 1.54) is 13.8 Å². The van der Waals surface area contributed by atoms with Gasteiger partial charge in [0.25, 0.3) is 0 Å². The Kier molecular flexibility index (Phi) is 6.65. The lowest BCUT2D eigenvalue weighted by molar-refractivity contribution is -0.121. The van der Waals surface area contributed by atoms with E-state index < -0.39 is 25.9 Å². The first-order valence-corrected chi connectivity index (χ1v) is 9.98. The lowest BCUT2D eigenvalue weighted by atomic mass is 9.93. The number of hydrogen-bond donors (Lipinski definition) is 3. The van der Waals surface area contributed by atoms with E-state index in [2.05, 4.69) is 5.32 Å². The Morgan fingerprint density at radius 2 is 1.69 bits per heavy atom. The maximum absolute atomic E-state index is 12.7. The van der Waals surface area contributed by atoms with E-state index in [0.717, 1.165) is 6.08 Å². The molecule has 0 aromatic heterocycles. The first-order valence-electron chi connectivity index (χ1n) is 7.95. The number of amides is 1. The van der Waals surface area contributed by atoms with Gasteiger partial charge in [0, 0.05) is 16.5 Å². The van der Waals surface area contributed by atoms with Crippen molar-refractivity contribution < 1.29 is 18.3 Å². The van der Waals surface area contributed by atoms with Crippen LogP contribution in [0.1, 0.15) is 40.2 Å². The molecule has 0 saturated carbocycles. The largest absolute Gasteiger partial charge is 0.512 e. The molecule has 0 atom stereocenters. The topological polar surface area (TPSA) is 107 Å². The van der Waals surface area contributed by atoms with Gasteiger partial charge in [-0.3, -0.25) is 10.2 Å². The predicted molar refractivity (Wildman–Crippen MR) is 104 cm³/mol. The molecule has 0 saturated heterocycles. The third-order valence-electron chi connectivity index (χ3n) is 3.89. The van der Waals surface area contributed by atoms with Crippen molar-refractivity contribution in [1.29, 1.82) is 5.41 Å². The molecule has 1 aromatic carbocycles. The smallest absolute Gasteiger partial charge is 0.246 e. The number of halogens is 1. The van der Waals surface area contributed by atoms with Gasteiger partial charge in [0.1, 0.15) is 16.3 Å². The maximum Gasteiger partial charge on any atom is 0.246 e. The Morgan fingerprint density at radius 1 is 1.19 bits per heavy atom. The summed E-state index contributed by atoms with van der Waals surface area (Å²) in [7, 11) is -3.86. The van der Waals surface area contributed by atoms with Gasteiger partial charge in [-0.05, 0) is 31.5 Å². The normalized spacial score (nSPS) is 13.4. The van der Waals surface area contributed by atoms with E-state index in [9.17, 15) is 18.3 Å². The van der Waals surface area contributed by atoms with E-state index in [-0.39, 0.29) is 17.3 Å². The molecule has 26 heavy (non-hydrogen) atoms. The monoisotopic (exact) mass is 400 g/mol. The quantitative estimate of drug-likeness (QED) is 0.398. The molecule has 8 heteroatoms. The third-order valence-corrected chi connectivity index (χ3v) is 6.60. The summed E-state index contributed by atoms with van der Waals surface area (Å²) in [6, 6.07) is 6.32. The van der Waals surface area contributed by atoms with Gasteiger partial charge < -0.3 is 10.4 Å². The van der Waals surface area contributed by atoms with E-state index >= 15 is 0 Å². The molecule has 6 nitrogen and oxygen atoms in total. The van der Waals surface area contributed by atoms with Crippen LogP contribution < -0.4 is 5.32 Å². The van der Waals surface area contributed by atoms with Gasteiger partial charge in [-0.15, -0.1) is 0 Å². The summed E-state index contributed by atoms with van der Waals surface area (Å²) in [5.74, 6) is -1.64. The molecule has 0 unspecified atom stereocenters. The van der Waals surface area contributed by atoms with Gasteiger partial charge in [-0.2, -0.15) is 0 Å². The van der Waals surface area contributed by atoms with E-state index in [1.807, 2.05) is 0 Å². The van der Waals surface area contributed by atoms with Crippen molar-refractivity contribution in [2.24, 2.45) is 5.41 Å². The summed E-state index contributed by atoms with van der Waals surface area (Å²) < 4.78 is 23.6. The van der Waals surface area contributed by atoms with Gasteiger partial charge in [0.2, 0.25) is 5.91 Å². The van der Waals surface area contributed by atoms with Crippen molar-refractivity contribution in [1.82, 2.24) is 5.32 Å². The fraction of sp³-hybridized carbons (Fsp3) is 0.444. The number of allylic oxidation sites excluding steroid dienone is 1. The average molecular weight is 401 g/mol. The highest BCUT2D eigenvalue weighted by Gasteiger charge is 2.41. The van der Waals surface area contributed by atoms with Crippen molar-refractivity contribution in [3.8, 4) is 0 Å². The molecule has 1 aromatic rings. The minimum atomic E-state index is -3.86. The van der Waals surface area contributed by atoms with Crippen LogP contribution in [-0.2, 0) is 20.4 Å². The van der Waals surface area contributed by atoms with Crippen molar-refractivity contribution in [2.75, 3.05) is 0 Å². The SMILES string of the molecule is CC(C)(C)/C(O)=C/C(=N)NC(=O)C(C)(C)S(=O)(=O)Cc1ccc(Cl)cc1. The van der Waals surface area contributed by atoms with Gasteiger partial charge in [-0.25, -0.2) is 8.42 Å². The minimum Gasteiger partial charge on any atom is -0.512 e. The number of carbonyl (C=O) groups excluding carboxylic acids is 1. The molecule has 0 spiro atoms. The Labute approximate surface area is 159 Å². The number of rotatable bonds is 5. The third kappa shape index (κ3) is 5.57. The summed E-state index contributed by atoms with van der Waals surface area (Å²) in [5, 5.41) is 20.4. The minimum absolute atomic E-state index is 0.0929. The van der Waals surface area contributed by atoms with Crippen LogP contribution in [0.25, 0.3) is 0 Å². The van der Waals surface area contributed by atoms with Crippen LogP contribution in [0, 0.1) is 10.8 Å². The summed E-state index contributed by atoms with van der Waals surface area (Å²) in [5.41, 5.74) is -0.0802. The number of aliphatic hydroxyl groups is 1. The van der Waals surface area contributed by atoms with Crippen LogP contribution in [-0.4, -0.2) is 30.0 Å². The molecule has 0 fully saturated rings. The lowest BCUT2D eigenvalue weighted by Crippen LogP contribution is -2.49. The molecule has 0 bridgehead atoms. The lowest BCUT2D eigenvalue weighted by Gasteiger charge is -2.24. The van der Waals surface area contributed by atoms with E-state index in [4.69, 9.17) is 17.0 Å². The number of benzene rings is 1. The van der Waals surface area contributed by atoms with Crippen molar-refractivity contribution in [2.45, 2.75) is 45.1 Å². The molecule has 0 heterocycles. The zero-order valence-corrected chi connectivity index (χ0v) is 17.1. The van der Waals surface area contributed by atoms with Crippen molar-refractivity contribution in [3.63, 3.8) is 0 Å². The van der Waals surface area contributed by atoms with Crippen LogP contribution in [0.4, 0.5) is 0 Å². The standard InChI is InChI=1S/C18H25ClN2O4S/c1-17(2,3)14(22)10-15(20)21-16(23)18(4,5)26(24,25)11-12-6-8-13(19)9-7-12/h6-10,22H,11H2,1-5H3,(H2,20,21,23)/b14-10-. The Hall–Kier alpha value is -1.86. The second-order valence-corrected chi connectivity index (χ2v) is 10.5. The zero-order valence-electron chi connectivity index (χ0n) is 15.6. The van der Waals surface area contributed by atoms with Gasteiger partial charge in [0.05, 0.1) is 5.75 Å². The van der Waals surface area contributed by atoms with E-state index in [1.54, 1.807) is 45.0 Å². The fourth-order valence-corrected chi connectivity index (χ4v) is 3.24. The molecule has 1 rings (SSSR count). The van der Waals surface area contributed by atoms with Crippen LogP contribution >= 0.6 is 11.6 Å². The molecule has 0 aliphatic heterocycles. The number of hydrogen-bond acceptors (Lipinski definition) is 5. The molecule has 0 radical (unpaired) electrons. The molecule has 3 N–H and O–H groups in total. The summed E-state index contributed by atoms with van der Waals surface area (Å²) in [6.07, 6.45) is 1.10. The van der Waals surface area contributed by atoms with Crippen molar-refractivity contribution >= 4 is 33.2 Å². The highest BCUT2D eigenvalue weighted by atomic mass is 35.5. The molecular weight excluding hydrogens is 376 g/mol. The van der Waals surface area contributed by atoms with Crippen LogP contribution in [0.3, 0.4) is 0 Å². The highest BCUT2D eigenvalue weighted by molar-refractivity contribution is 7.92. The first kappa shape index (κ1) is 22.2. The highest BCUT2D eigenvalue weighted by Crippen LogP contribution is 2.24. The molecular formula is C18H25ClN2O4S. The van der Waals surface area contributed by atoms with Crippen LogP contribution in [0.5, 0.6) is 0 Å². The van der Waals surface area contributed by atoms with Crippen molar-refractivity contribution in [3.05, 3.63) is 46.7 Å². The zero-order chi connectivity index (χ0) is 20.3. The first-order chi connectivity index (χ1) is 11.7. The summed E-state index contributed by atoms with van der Waals surface area (Å²) >= 11 is 5.79. The fourth-order valence-electron chi connectivity index (χ4n) is 1.78. The number of sulfone groups is 1. The summed E-state index contributed by atoms with van der Waals surface area (Å²) in [4.78, 5) is 12.4. The number of carbonyl (C=O) groups is 1. The average Bonchev–Trinajstić information content (AvgIpc) is 2.47. The van der Waals surface area contributed by atoms with Crippen LogP contribution in [0.2, 0.25) is 5.02 Å². The number of nitrogens with one attached hydrogen (secondary N) is 2. The second kappa shape index (κ2) is 7.80. The maximum atomic E-state index is 12.7. The number of aliphatic hydroxyl groups excluding tert-OH is 1. The predicted octanol–water partition coefficient (Wildman–Crippen LogP) is 3.61. The van der Waals surface area contributed by atoms with Gasteiger partial charge in [-0.1, -0.05) is 44.5 Å². The Morgan fingerprint density at radius 3 is 2.15 bits per heavy atom. The molecule has 144 valence electrons. The molecule has 0 aliphatic rings. The van der Waals surface area contributed by atoms with Gasteiger partial charge >= 0.3 is 0 Å². The second-order valence-electron chi connectivity index (χ2n) is 7.54. The molecule has 1 amide bonds. The molecule has 0 aliphatic carbocycles. The Bertz CT molecular complexity index is 820. The van der Waals surface area contributed by atoms with Gasteiger partial charge in [0.15, 0.2) is 9.84 Å². The summed E-state index contributed by atoms with van der Waals surface area (Å²) in [6.45, 7) is 7.81.